The fourth-order valence-electron chi connectivity index (χ4n) is 1.37. The van der Waals surface area contributed by atoms with Gasteiger partial charge in [0.05, 0.1) is 22.4 Å². The summed E-state index contributed by atoms with van der Waals surface area (Å²) in [5.74, 6) is 0.00880. The molecule has 92 valence electrons. The smallest absolute Gasteiger partial charge is 0.159 e. The van der Waals surface area contributed by atoms with Crippen LogP contribution in [0.1, 0.15) is 25.2 Å². The van der Waals surface area contributed by atoms with Crippen molar-refractivity contribution < 1.29 is 8.42 Å². The van der Waals surface area contributed by atoms with Crippen LogP contribution in [0.15, 0.2) is 6.07 Å². The summed E-state index contributed by atoms with van der Waals surface area (Å²) in [6, 6.07) is 1.83. The molecule has 5 nitrogen and oxygen atoms in total. The highest BCUT2D eigenvalue weighted by molar-refractivity contribution is 7.91. The lowest BCUT2D eigenvalue weighted by Gasteiger charge is -2.10. The Morgan fingerprint density at radius 3 is 2.62 bits per heavy atom. The fourth-order valence-corrected chi connectivity index (χ4v) is 2.63. The zero-order chi connectivity index (χ0) is 12.3. The zero-order valence-electron chi connectivity index (χ0n) is 9.97. The van der Waals surface area contributed by atoms with Gasteiger partial charge in [-0.05, 0) is 19.4 Å². The van der Waals surface area contributed by atoms with Crippen LogP contribution in [0.25, 0.3) is 0 Å². The Morgan fingerprint density at radius 2 is 2.19 bits per heavy atom. The van der Waals surface area contributed by atoms with Crippen molar-refractivity contribution in [1.29, 1.82) is 0 Å². The van der Waals surface area contributed by atoms with Gasteiger partial charge in [0.1, 0.15) is 0 Å². The summed E-state index contributed by atoms with van der Waals surface area (Å²) in [5, 5.41) is 3.71. The predicted octanol–water partition coefficient (Wildman–Crippen LogP) is 0.244. The van der Waals surface area contributed by atoms with Gasteiger partial charge in [0.15, 0.2) is 9.84 Å². The topological polar surface area (TPSA) is 78.0 Å². The molecular weight excluding hydrogens is 226 g/mol. The molecule has 1 heterocycles. The van der Waals surface area contributed by atoms with Crippen molar-refractivity contribution in [1.82, 2.24) is 9.78 Å². The Balaban J connectivity index is 2.92. The van der Waals surface area contributed by atoms with Crippen LogP contribution in [0.4, 0.5) is 0 Å². The first-order valence-electron chi connectivity index (χ1n) is 5.34. The fraction of sp³-hybridized carbons (Fsp3) is 0.700. The lowest BCUT2D eigenvalue weighted by molar-refractivity contribution is 0.579. The molecule has 0 spiro atoms. The van der Waals surface area contributed by atoms with Crippen LogP contribution in [0, 0.1) is 0 Å². The molecule has 0 saturated heterocycles. The predicted molar refractivity (Wildman–Crippen MR) is 63.7 cm³/mol. The molecule has 0 bridgehead atoms. The van der Waals surface area contributed by atoms with Crippen LogP contribution < -0.4 is 5.73 Å². The molecule has 2 N–H and O–H groups in total. The lowest BCUT2D eigenvalue weighted by atomic mass is 10.3. The molecule has 0 amide bonds. The number of sulfone groups is 1. The van der Waals surface area contributed by atoms with Gasteiger partial charge in [-0.15, -0.1) is 0 Å². The van der Waals surface area contributed by atoms with Crippen LogP contribution in [-0.2, 0) is 29.1 Å². The van der Waals surface area contributed by atoms with E-state index in [0.717, 1.165) is 17.8 Å². The van der Waals surface area contributed by atoms with Crippen molar-refractivity contribution in [3.63, 3.8) is 0 Å². The van der Waals surface area contributed by atoms with Crippen LogP contribution >= 0.6 is 0 Å². The number of nitrogens with two attached hydrogens (primary N) is 1. The highest BCUT2D eigenvalue weighted by atomic mass is 32.2. The minimum Gasteiger partial charge on any atom is -0.329 e. The maximum absolute atomic E-state index is 11.9. The quantitative estimate of drug-likeness (QED) is 0.806. The average Bonchev–Trinajstić information content (AvgIpc) is 2.57. The van der Waals surface area contributed by atoms with E-state index in [1.165, 1.54) is 0 Å². The lowest BCUT2D eigenvalue weighted by Crippen LogP contribution is -2.28. The average molecular weight is 245 g/mol. The molecular formula is C10H19N3O2S. The molecule has 0 aliphatic heterocycles. The van der Waals surface area contributed by atoms with Gasteiger partial charge in [0.2, 0.25) is 0 Å². The van der Waals surface area contributed by atoms with Crippen molar-refractivity contribution >= 4 is 9.84 Å². The van der Waals surface area contributed by atoms with Crippen molar-refractivity contribution in [2.75, 3.05) is 6.54 Å². The molecule has 16 heavy (non-hydrogen) atoms. The normalized spacial score (nSPS) is 14.0. The third-order valence-electron chi connectivity index (χ3n) is 2.68. The second kappa shape index (κ2) is 4.97. The van der Waals surface area contributed by atoms with Gasteiger partial charge in [0, 0.05) is 13.6 Å². The number of hydrogen-bond donors (Lipinski definition) is 1. The number of nitrogens with zero attached hydrogens (tertiary/aromatic N) is 2. The Kier molecular flexibility index (Phi) is 4.09. The number of hydrogen-bond acceptors (Lipinski definition) is 4. The first kappa shape index (κ1) is 13.2. The second-order valence-corrected chi connectivity index (χ2v) is 6.38. The summed E-state index contributed by atoms with van der Waals surface area (Å²) in [6.45, 7) is 3.77. The maximum atomic E-state index is 11.9. The summed E-state index contributed by atoms with van der Waals surface area (Å²) in [5.41, 5.74) is 7.01. The minimum atomic E-state index is -3.17. The van der Waals surface area contributed by atoms with Crippen LogP contribution in [0.2, 0.25) is 0 Å². The highest BCUT2D eigenvalue weighted by Gasteiger charge is 2.21. The Labute approximate surface area is 96.6 Å². The monoisotopic (exact) mass is 245 g/mol. The summed E-state index contributed by atoms with van der Waals surface area (Å²) in [7, 11) is -1.41. The van der Waals surface area contributed by atoms with E-state index in [9.17, 15) is 8.42 Å². The summed E-state index contributed by atoms with van der Waals surface area (Å²) < 4.78 is 25.3. The first-order chi connectivity index (χ1) is 7.40. The molecule has 0 saturated carbocycles. The minimum absolute atomic E-state index is 0.00880. The van der Waals surface area contributed by atoms with E-state index in [0.29, 0.717) is 0 Å². The van der Waals surface area contributed by atoms with E-state index >= 15 is 0 Å². The van der Waals surface area contributed by atoms with E-state index in [4.69, 9.17) is 5.73 Å². The van der Waals surface area contributed by atoms with Gasteiger partial charge < -0.3 is 5.73 Å². The molecule has 0 aliphatic carbocycles. The molecule has 1 unspecified atom stereocenters. The third kappa shape index (κ3) is 2.82. The first-order valence-corrected chi connectivity index (χ1v) is 7.05. The van der Waals surface area contributed by atoms with E-state index in [2.05, 4.69) is 5.10 Å². The van der Waals surface area contributed by atoms with Crippen molar-refractivity contribution in [2.24, 2.45) is 12.8 Å². The van der Waals surface area contributed by atoms with E-state index in [-0.39, 0.29) is 12.3 Å². The van der Waals surface area contributed by atoms with Crippen molar-refractivity contribution in [2.45, 2.75) is 31.3 Å². The Hall–Kier alpha value is -0.880. The van der Waals surface area contributed by atoms with Crippen LogP contribution in [-0.4, -0.2) is 30.0 Å². The van der Waals surface area contributed by atoms with Gasteiger partial charge in [-0.1, -0.05) is 6.92 Å². The molecule has 1 aromatic heterocycles. The Morgan fingerprint density at radius 1 is 1.56 bits per heavy atom. The van der Waals surface area contributed by atoms with Gasteiger partial charge in [-0.3, -0.25) is 4.68 Å². The van der Waals surface area contributed by atoms with E-state index in [1.54, 1.807) is 18.7 Å². The molecule has 6 heteroatoms. The maximum Gasteiger partial charge on any atom is 0.159 e. The number of aryl methyl sites for hydroxylation is 2. The highest BCUT2D eigenvalue weighted by Crippen LogP contribution is 2.12. The Bertz CT molecular complexity index is 451. The summed E-state index contributed by atoms with van der Waals surface area (Å²) in [4.78, 5) is 0. The third-order valence-corrected chi connectivity index (χ3v) is 4.80. The molecule has 1 rings (SSSR count). The molecule has 1 aromatic rings. The number of aromatic nitrogens is 2. The van der Waals surface area contributed by atoms with E-state index in [1.807, 2.05) is 13.0 Å². The van der Waals surface area contributed by atoms with Crippen LogP contribution in [0.5, 0.6) is 0 Å². The standard InChI is InChI=1S/C10H19N3O2S/c1-4-9-5-10(13(3)12-9)7-16(14,15)8(2)6-11/h5,8H,4,6-7,11H2,1-3H3. The van der Waals surface area contributed by atoms with E-state index < -0.39 is 15.1 Å². The summed E-state index contributed by atoms with van der Waals surface area (Å²) >= 11 is 0. The van der Waals surface area contributed by atoms with Gasteiger partial charge in [-0.2, -0.15) is 5.10 Å². The molecule has 0 aliphatic rings. The molecule has 0 aromatic carbocycles. The van der Waals surface area contributed by atoms with Gasteiger partial charge >= 0.3 is 0 Å². The number of rotatable bonds is 5. The van der Waals surface area contributed by atoms with Crippen LogP contribution in [0.3, 0.4) is 0 Å². The second-order valence-electron chi connectivity index (χ2n) is 3.96. The molecule has 0 fully saturated rings. The zero-order valence-corrected chi connectivity index (χ0v) is 10.8. The van der Waals surface area contributed by atoms with Gasteiger partial charge in [-0.25, -0.2) is 8.42 Å². The van der Waals surface area contributed by atoms with Gasteiger partial charge in [0.25, 0.3) is 0 Å². The summed E-state index contributed by atoms with van der Waals surface area (Å²) in [6.07, 6.45) is 0.806. The van der Waals surface area contributed by atoms with Crippen molar-refractivity contribution in [3.8, 4) is 0 Å². The largest absolute Gasteiger partial charge is 0.329 e. The molecule has 1 atom stereocenters. The van der Waals surface area contributed by atoms with Crippen molar-refractivity contribution in [3.05, 3.63) is 17.5 Å². The molecule has 0 radical (unpaired) electrons. The SMILES string of the molecule is CCc1cc(CS(=O)(=O)C(C)CN)n(C)n1.